The second-order valence-corrected chi connectivity index (χ2v) is 5.56. The second kappa shape index (κ2) is 8.00. The fourth-order valence-corrected chi connectivity index (χ4v) is 2.77. The Kier molecular flexibility index (Phi) is 6.02. The fraction of sp³-hybridized carbons (Fsp3) is 0.562. The minimum Gasteiger partial charge on any atom is -0.493 e. The number of hydrogen-bond acceptors (Lipinski definition) is 4. The monoisotopic (exact) mass is 291 g/mol. The first-order valence-electron chi connectivity index (χ1n) is 7.63. The van der Waals surface area contributed by atoms with Crippen LogP contribution in [0.2, 0.25) is 0 Å². The molecule has 1 heterocycles. The van der Waals surface area contributed by atoms with E-state index >= 15 is 0 Å². The van der Waals surface area contributed by atoms with Gasteiger partial charge in [0, 0.05) is 25.2 Å². The van der Waals surface area contributed by atoms with Crippen LogP contribution in [0.25, 0.3) is 0 Å². The summed E-state index contributed by atoms with van der Waals surface area (Å²) in [5.41, 5.74) is 12.1. The first kappa shape index (κ1) is 15.8. The van der Waals surface area contributed by atoms with Crippen LogP contribution in [0.5, 0.6) is 5.75 Å². The first-order chi connectivity index (χ1) is 10.2. The molecule has 1 unspecified atom stereocenters. The standard InChI is InChI=1S/C16H25N3O2/c17-11-13-5-1-2-7-15(13)21-10-4-9-19-8-3-6-14(12-19)16(18)20/h1-2,5,7,14H,3-4,6,8-12,17H2,(H2,18,20). The van der Waals surface area contributed by atoms with Gasteiger partial charge in [0.2, 0.25) is 5.91 Å². The molecule has 5 nitrogen and oxygen atoms in total. The van der Waals surface area contributed by atoms with E-state index in [1.807, 2.05) is 24.3 Å². The van der Waals surface area contributed by atoms with Gasteiger partial charge in [-0.15, -0.1) is 0 Å². The van der Waals surface area contributed by atoms with E-state index in [1.165, 1.54) is 0 Å². The number of primary amides is 1. The van der Waals surface area contributed by atoms with E-state index in [-0.39, 0.29) is 11.8 Å². The van der Waals surface area contributed by atoms with Crippen LogP contribution in [-0.4, -0.2) is 37.0 Å². The summed E-state index contributed by atoms with van der Waals surface area (Å²) >= 11 is 0. The molecule has 2 rings (SSSR count). The molecule has 4 N–H and O–H groups in total. The third-order valence-electron chi connectivity index (χ3n) is 3.98. The number of hydrogen-bond donors (Lipinski definition) is 2. The van der Waals surface area contributed by atoms with Crippen molar-refractivity contribution < 1.29 is 9.53 Å². The quantitative estimate of drug-likeness (QED) is 0.737. The maximum atomic E-state index is 11.2. The lowest BCUT2D eigenvalue weighted by Crippen LogP contribution is -2.41. The van der Waals surface area contributed by atoms with E-state index in [1.54, 1.807) is 0 Å². The molecule has 1 aliphatic heterocycles. The summed E-state index contributed by atoms with van der Waals surface area (Å²) in [4.78, 5) is 13.5. The molecular weight excluding hydrogens is 266 g/mol. The van der Waals surface area contributed by atoms with Gasteiger partial charge in [0.25, 0.3) is 0 Å². The summed E-state index contributed by atoms with van der Waals surface area (Å²) in [6.45, 7) is 3.92. The summed E-state index contributed by atoms with van der Waals surface area (Å²) in [6, 6.07) is 7.85. The smallest absolute Gasteiger partial charge is 0.221 e. The van der Waals surface area contributed by atoms with Crippen LogP contribution in [0.3, 0.4) is 0 Å². The summed E-state index contributed by atoms with van der Waals surface area (Å²) < 4.78 is 5.80. The topological polar surface area (TPSA) is 81.6 Å². The molecule has 1 saturated heterocycles. The van der Waals surface area contributed by atoms with Crippen molar-refractivity contribution in [3.05, 3.63) is 29.8 Å². The zero-order valence-corrected chi connectivity index (χ0v) is 12.5. The molecule has 1 atom stereocenters. The van der Waals surface area contributed by atoms with Crippen molar-refractivity contribution in [3.63, 3.8) is 0 Å². The van der Waals surface area contributed by atoms with Gasteiger partial charge in [-0.2, -0.15) is 0 Å². The lowest BCUT2D eigenvalue weighted by molar-refractivity contribution is -0.123. The minimum absolute atomic E-state index is 0.0117. The largest absolute Gasteiger partial charge is 0.493 e. The Balaban J connectivity index is 1.71. The van der Waals surface area contributed by atoms with Gasteiger partial charge in [0.15, 0.2) is 0 Å². The number of para-hydroxylation sites is 1. The number of ether oxygens (including phenoxy) is 1. The van der Waals surface area contributed by atoms with Gasteiger partial charge >= 0.3 is 0 Å². The number of nitrogens with two attached hydrogens (primary N) is 2. The summed E-state index contributed by atoms with van der Waals surface area (Å²) in [5, 5.41) is 0. The van der Waals surface area contributed by atoms with Crippen molar-refractivity contribution in [1.82, 2.24) is 4.90 Å². The van der Waals surface area contributed by atoms with Crippen LogP contribution in [0.1, 0.15) is 24.8 Å². The van der Waals surface area contributed by atoms with Gasteiger partial charge in [-0.25, -0.2) is 0 Å². The number of rotatable bonds is 7. The molecule has 1 fully saturated rings. The van der Waals surface area contributed by atoms with Crippen LogP contribution in [0.15, 0.2) is 24.3 Å². The van der Waals surface area contributed by atoms with Crippen LogP contribution >= 0.6 is 0 Å². The second-order valence-electron chi connectivity index (χ2n) is 5.56. The highest BCUT2D eigenvalue weighted by molar-refractivity contribution is 5.76. The summed E-state index contributed by atoms with van der Waals surface area (Å²) in [5.74, 6) is 0.708. The Hall–Kier alpha value is -1.59. The molecule has 5 heteroatoms. The molecule has 0 aliphatic carbocycles. The summed E-state index contributed by atoms with van der Waals surface area (Å²) in [6.07, 6.45) is 2.90. The Morgan fingerprint density at radius 2 is 2.19 bits per heavy atom. The molecule has 21 heavy (non-hydrogen) atoms. The van der Waals surface area contributed by atoms with Crippen molar-refractivity contribution in [1.29, 1.82) is 0 Å². The van der Waals surface area contributed by atoms with Crippen molar-refractivity contribution in [2.24, 2.45) is 17.4 Å². The molecule has 1 aromatic carbocycles. The van der Waals surface area contributed by atoms with Crippen LogP contribution in [0.4, 0.5) is 0 Å². The third kappa shape index (κ3) is 4.72. The third-order valence-corrected chi connectivity index (χ3v) is 3.98. The molecule has 1 amide bonds. The van der Waals surface area contributed by atoms with Gasteiger partial charge in [-0.1, -0.05) is 18.2 Å². The molecule has 1 aliphatic rings. The number of likely N-dealkylation sites (tertiary alicyclic amines) is 1. The predicted molar refractivity (Wildman–Crippen MR) is 82.8 cm³/mol. The van der Waals surface area contributed by atoms with Crippen molar-refractivity contribution in [2.45, 2.75) is 25.8 Å². The molecule has 0 aromatic heterocycles. The zero-order chi connectivity index (χ0) is 15.1. The molecule has 1 aromatic rings. The average molecular weight is 291 g/mol. The van der Waals surface area contributed by atoms with Crippen molar-refractivity contribution in [3.8, 4) is 5.75 Å². The van der Waals surface area contributed by atoms with Crippen molar-refractivity contribution >= 4 is 5.91 Å². The van der Waals surface area contributed by atoms with E-state index in [9.17, 15) is 4.79 Å². The van der Waals surface area contributed by atoms with E-state index in [4.69, 9.17) is 16.2 Å². The van der Waals surface area contributed by atoms with Crippen molar-refractivity contribution in [2.75, 3.05) is 26.2 Å². The van der Waals surface area contributed by atoms with Crippen LogP contribution in [0, 0.1) is 5.92 Å². The highest BCUT2D eigenvalue weighted by atomic mass is 16.5. The van der Waals surface area contributed by atoms with Gasteiger partial charge in [0.1, 0.15) is 5.75 Å². The maximum absolute atomic E-state index is 11.2. The fourth-order valence-electron chi connectivity index (χ4n) is 2.77. The maximum Gasteiger partial charge on any atom is 0.221 e. The highest BCUT2D eigenvalue weighted by Crippen LogP contribution is 2.18. The number of amides is 1. The lowest BCUT2D eigenvalue weighted by Gasteiger charge is -2.31. The molecule has 0 saturated carbocycles. The number of nitrogens with zero attached hydrogens (tertiary/aromatic N) is 1. The minimum atomic E-state index is -0.173. The van der Waals surface area contributed by atoms with Gasteiger partial charge in [0.05, 0.1) is 12.5 Å². The predicted octanol–water partition coefficient (Wildman–Crippen LogP) is 1.11. The number of piperidine rings is 1. The van der Waals surface area contributed by atoms with Gasteiger partial charge in [-0.05, 0) is 31.9 Å². The van der Waals surface area contributed by atoms with Crippen LogP contribution in [-0.2, 0) is 11.3 Å². The number of carbonyl (C=O) groups is 1. The van der Waals surface area contributed by atoms with Gasteiger partial charge in [-0.3, -0.25) is 4.79 Å². The molecule has 0 radical (unpaired) electrons. The number of carbonyl (C=O) groups excluding carboxylic acids is 1. The Labute approximate surface area is 126 Å². The average Bonchev–Trinajstić information content (AvgIpc) is 2.52. The number of benzene rings is 1. The lowest BCUT2D eigenvalue weighted by atomic mass is 9.97. The summed E-state index contributed by atoms with van der Waals surface area (Å²) in [7, 11) is 0. The Morgan fingerprint density at radius 1 is 1.38 bits per heavy atom. The normalized spacial score (nSPS) is 19.4. The molecule has 116 valence electrons. The van der Waals surface area contributed by atoms with E-state index in [0.29, 0.717) is 13.2 Å². The molecule has 0 bridgehead atoms. The highest BCUT2D eigenvalue weighted by Gasteiger charge is 2.23. The van der Waals surface area contributed by atoms with E-state index in [0.717, 1.165) is 50.2 Å². The zero-order valence-electron chi connectivity index (χ0n) is 12.5. The Morgan fingerprint density at radius 3 is 2.95 bits per heavy atom. The SMILES string of the molecule is NCc1ccccc1OCCCN1CCCC(C(N)=O)C1. The molecule has 0 spiro atoms. The van der Waals surface area contributed by atoms with E-state index in [2.05, 4.69) is 4.90 Å². The van der Waals surface area contributed by atoms with Crippen LogP contribution < -0.4 is 16.2 Å². The molecular formula is C16H25N3O2. The Bertz CT molecular complexity index is 465. The van der Waals surface area contributed by atoms with E-state index < -0.39 is 0 Å². The first-order valence-corrected chi connectivity index (χ1v) is 7.63. The van der Waals surface area contributed by atoms with Gasteiger partial charge < -0.3 is 21.1 Å².